The molecule has 0 bridgehead atoms. The number of nitrogens with zero attached hydrogens (tertiary/aromatic N) is 2. The molecule has 1 amide bonds. The molecule has 0 spiro atoms. The second kappa shape index (κ2) is 8.25. The van der Waals surface area contributed by atoms with Gasteiger partial charge in [0.15, 0.2) is 0 Å². The summed E-state index contributed by atoms with van der Waals surface area (Å²) < 4.78 is 5.31. The van der Waals surface area contributed by atoms with Gasteiger partial charge in [-0.1, -0.05) is 0 Å². The molecule has 1 heterocycles. The van der Waals surface area contributed by atoms with Gasteiger partial charge in [-0.3, -0.25) is 9.78 Å². The van der Waals surface area contributed by atoms with Crippen molar-refractivity contribution in [2.45, 2.75) is 56.8 Å². The second-order valence-electron chi connectivity index (χ2n) is 5.98. The van der Waals surface area contributed by atoms with E-state index < -0.39 is 6.10 Å². The first-order chi connectivity index (χ1) is 10.6. The number of amides is 1. The molecule has 1 aliphatic carbocycles. The molecular formula is C17H26N2O3. The van der Waals surface area contributed by atoms with Crippen molar-refractivity contribution in [1.82, 2.24) is 9.88 Å². The van der Waals surface area contributed by atoms with Crippen LogP contribution in [0.3, 0.4) is 0 Å². The minimum Gasteiger partial charge on any atom is -0.388 e. The van der Waals surface area contributed by atoms with Gasteiger partial charge in [0.2, 0.25) is 5.91 Å². The number of aliphatic hydroxyl groups excluding tert-OH is 1. The Kier molecular flexibility index (Phi) is 6.34. The largest absolute Gasteiger partial charge is 0.388 e. The van der Waals surface area contributed by atoms with Crippen molar-refractivity contribution >= 4 is 5.91 Å². The third-order valence-corrected chi connectivity index (χ3v) is 4.56. The van der Waals surface area contributed by atoms with Crippen molar-refractivity contribution in [2.24, 2.45) is 0 Å². The van der Waals surface area contributed by atoms with E-state index in [1.165, 1.54) is 5.56 Å². The van der Waals surface area contributed by atoms with E-state index in [1.54, 1.807) is 31.5 Å². The van der Waals surface area contributed by atoms with Crippen molar-refractivity contribution in [3.8, 4) is 0 Å². The number of hydrogen-bond acceptors (Lipinski definition) is 4. The Balaban J connectivity index is 1.81. The summed E-state index contributed by atoms with van der Waals surface area (Å²) in [5.74, 6) is 0.0925. The fraction of sp³-hybridized carbons (Fsp3) is 0.647. The Morgan fingerprint density at radius 3 is 2.82 bits per heavy atom. The zero-order valence-electron chi connectivity index (χ0n) is 13.4. The summed E-state index contributed by atoms with van der Waals surface area (Å²) in [5.41, 5.74) is 1.20. The predicted octanol–water partition coefficient (Wildman–Crippen LogP) is 1.79. The quantitative estimate of drug-likeness (QED) is 0.870. The van der Waals surface area contributed by atoms with E-state index in [0.717, 1.165) is 32.1 Å². The molecular weight excluding hydrogens is 280 g/mol. The van der Waals surface area contributed by atoms with E-state index >= 15 is 0 Å². The number of hydrogen-bond donors (Lipinski definition) is 1. The number of pyridine rings is 1. The molecule has 0 aliphatic heterocycles. The molecule has 1 saturated carbocycles. The van der Waals surface area contributed by atoms with E-state index in [1.807, 2.05) is 12.1 Å². The first-order valence-electron chi connectivity index (χ1n) is 7.99. The highest BCUT2D eigenvalue weighted by atomic mass is 16.5. The number of carbonyl (C=O) groups excluding carboxylic acids is 1. The lowest BCUT2D eigenvalue weighted by molar-refractivity contribution is -0.140. The molecule has 1 aromatic rings. The lowest BCUT2D eigenvalue weighted by Gasteiger charge is -2.39. The Labute approximate surface area is 132 Å². The van der Waals surface area contributed by atoms with E-state index in [0.29, 0.717) is 6.42 Å². The summed E-state index contributed by atoms with van der Waals surface area (Å²) >= 11 is 0. The number of carbonyl (C=O) groups is 1. The number of ether oxygens (including phenoxy) is 1. The summed E-state index contributed by atoms with van der Waals surface area (Å²) in [5, 5.41) is 10.3. The Hall–Kier alpha value is -1.46. The Morgan fingerprint density at radius 1 is 1.41 bits per heavy atom. The fourth-order valence-corrected chi connectivity index (χ4v) is 3.15. The average Bonchev–Trinajstić information content (AvgIpc) is 2.55. The van der Waals surface area contributed by atoms with Gasteiger partial charge in [-0.05, 0) is 49.8 Å². The van der Waals surface area contributed by atoms with Gasteiger partial charge in [-0.2, -0.15) is 0 Å². The molecule has 22 heavy (non-hydrogen) atoms. The maximum Gasteiger partial charge on any atom is 0.222 e. The van der Waals surface area contributed by atoms with Crippen LogP contribution in [0.2, 0.25) is 0 Å². The van der Waals surface area contributed by atoms with Gasteiger partial charge < -0.3 is 14.7 Å². The Morgan fingerprint density at radius 2 is 2.14 bits per heavy atom. The molecule has 1 aromatic heterocycles. The maximum absolute atomic E-state index is 12.3. The highest BCUT2D eigenvalue weighted by molar-refractivity contribution is 5.76. The van der Waals surface area contributed by atoms with Crippen LogP contribution >= 0.6 is 0 Å². The van der Waals surface area contributed by atoms with Gasteiger partial charge in [0, 0.05) is 33.0 Å². The van der Waals surface area contributed by atoms with Gasteiger partial charge in [0.25, 0.3) is 0 Å². The molecule has 0 radical (unpaired) electrons. The van der Waals surface area contributed by atoms with Crippen molar-refractivity contribution in [1.29, 1.82) is 0 Å². The summed E-state index contributed by atoms with van der Waals surface area (Å²) in [6.07, 6.45) is 7.65. The van der Waals surface area contributed by atoms with Crippen LogP contribution in [0.15, 0.2) is 24.5 Å². The van der Waals surface area contributed by atoms with Gasteiger partial charge in [-0.25, -0.2) is 0 Å². The molecule has 0 aromatic carbocycles. The van der Waals surface area contributed by atoms with Crippen LogP contribution in [0.1, 0.15) is 37.7 Å². The topological polar surface area (TPSA) is 62.7 Å². The molecule has 5 nitrogen and oxygen atoms in total. The van der Waals surface area contributed by atoms with Crippen LogP contribution in [-0.4, -0.2) is 53.3 Å². The average molecular weight is 306 g/mol. The van der Waals surface area contributed by atoms with E-state index in [2.05, 4.69) is 4.98 Å². The lowest BCUT2D eigenvalue weighted by Crippen LogP contribution is -2.52. The fourth-order valence-electron chi connectivity index (χ4n) is 3.15. The SMILES string of the molecule is CO[C@@H]1CCC[C@@H](N(C)C(=O)CCCc2ccncc2)[C@H]1O. The minimum atomic E-state index is -0.590. The van der Waals surface area contributed by atoms with Crippen LogP contribution in [0.4, 0.5) is 0 Å². The molecule has 1 fully saturated rings. The molecule has 3 atom stereocenters. The number of aliphatic hydroxyl groups is 1. The van der Waals surface area contributed by atoms with Gasteiger partial charge in [0.1, 0.15) is 6.10 Å². The normalized spacial score (nSPS) is 25.0. The summed E-state index contributed by atoms with van der Waals surface area (Å²) in [7, 11) is 3.41. The van der Waals surface area contributed by atoms with Crippen molar-refractivity contribution in [2.75, 3.05) is 14.2 Å². The van der Waals surface area contributed by atoms with Crippen LogP contribution in [-0.2, 0) is 16.0 Å². The van der Waals surface area contributed by atoms with E-state index in [4.69, 9.17) is 4.74 Å². The molecule has 0 unspecified atom stereocenters. The molecule has 122 valence electrons. The maximum atomic E-state index is 12.3. The molecule has 5 heteroatoms. The van der Waals surface area contributed by atoms with Crippen molar-refractivity contribution < 1.29 is 14.6 Å². The van der Waals surface area contributed by atoms with Gasteiger partial charge in [0.05, 0.1) is 12.1 Å². The van der Waals surface area contributed by atoms with Crippen LogP contribution in [0.25, 0.3) is 0 Å². The summed E-state index contributed by atoms with van der Waals surface area (Å²) in [6, 6.07) is 3.82. The standard InChI is InChI=1S/C17H26N2O3/c1-19(14-6-4-7-15(22-2)17(14)21)16(20)8-3-5-13-9-11-18-12-10-13/h9-12,14-15,17,21H,3-8H2,1-2H3/t14-,15-,17-/m1/s1. The number of likely N-dealkylation sites (N-methyl/N-ethyl adjacent to an activating group) is 1. The zero-order chi connectivity index (χ0) is 15.9. The minimum absolute atomic E-state index is 0.0925. The van der Waals surface area contributed by atoms with Gasteiger partial charge >= 0.3 is 0 Å². The molecule has 0 saturated heterocycles. The van der Waals surface area contributed by atoms with Crippen LogP contribution in [0, 0.1) is 0 Å². The van der Waals surface area contributed by atoms with E-state index in [9.17, 15) is 9.90 Å². The third kappa shape index (κ3) is 4.27. The van der Waals surface area contributed by atoms with Crippen molar-refractivity contribution in [3.05, 3.63) is 30.1 Å². The molecule has 1 N–H and O–H groups in total. The molecule has 2 rings (SSSR count). The highest BCUT2D eigenvalue weighted by Crippen LogP contribution is 2.25. The van der Waals surface area contributed by atoms with Gasteiger partial charge in [-0.15, -0.1) is 0 Å². The number of methoxy groups -OCH3 is 1. The zero-order valence-corrected chi connectivity index (χ0v) is 13.4. The number of aromatic nitrogens is 1. The Bertz CT molecular complexity index is 466. The number of rotatable bonds is 6. The van der Waals surface area contributed by atoms with E-state index in [-0.39, 0.29) is 18.1 Å². The predicted molar refractivity (Wildman–Crippen MR) is 84.4 cm³/mol. The first kappa shape index (κ1) is 16.9. The first-order valence-corrected chi connectivity index (χ1v) is 7.99. The lowest BCUT2D eigenvalue weighted by atomic mass is 9.89. The van der Waals surface area contributed by atoms with Crippen LogP contribution < -0.4 is 0 Å². The second-order valence-corrected chi connectivity index (χ2v) is 5.98. The third-order valence-electron chi connectivity index (χ3n) is 4.56. The van der Waals surface area contributed by atoms with Crippen LogP contribution in [0.5, 0.6) is 0 Å². The summed E-state index contributed by atoms with van der Waals surface area (Å²) in [6.45, 7) is 0. The monoisotopic (exact) mass is 306 g/mol. The summed E-state index contributed by atoms with van der Waals surface area (Å²) in [4.78, 5) is 18.0. The highest BCUT2D eigenvalue weighted by Gasteiger charge is 2.35. The molecule has 1 aliphatic rings. The number of aryl methyl sites for hydroxylation is 1. The van der Waals surface area contributed by atoms with Crippen molar-refractivity contribution in [3.63, 3.8) is 0 Å². The smallest absolute Gasteiger partial charge is 0.222 e.